The van der Waals surface area contributed by atoms with Gasteiger partial charge >= 0.3 is 0 Å². The molecule has 0 unspecified atom stereocenters. The fourth-order valence-corrected chi connectivity index (χ4v) is 2.35. The monoisotopic (exact) mass is 309 g/mol. The van der Waals surface area contributed by atoms with Gasteiger partial charge in [0.2, 0.25) is 0 Å². The van der Waals surface area contributed by atoms with Gasteiger partial charge in [-0.05, 0) is 17.2 Å². The van der Waals surface area contributed by atoms with Crippen LogP contribution in [0.2, 0.25) is 0 Å². The van der Waals surface area contributed by atoms with Crippen molar-refractivity contribution in [2.45, 2.75) is 6.42 Å². The molecule has 2 aromatic rings. The summed E-state index contributed by atoms with van der Waals surface area (Å²) in [4.78, 5) is 14.0. The van der Waals surface area contributed by atoms with Crippen molar-refractivity contribution < 1.29 is 9.69 Å². The van der Waals surface area contributed by atoms with Gasteiger partial charge in [0.1, 0.15) is 0 Å². The van der Waals surface area contributed by atoms with Crippen molar-refractivity contribution in [1.29, 1.82) is 0 Å². The second-order valence-corrected chi connectivity index (χ2v) is 5.90. The predicted octanol–water partition coefficient (Wildman–Crippen LogP) is 1.88. The maximum atomic E-state index is 12.6. The summed E-state index contributed by atoms with van der Waals surface area (Å²) in [7, 11) is 4.24. The lowest BCUT2D eigenvalue weighted by molar-refractivity contribution is -0.858. The minimum absolute atomic E-state index is 0.0196. The SMILES string of the molecule is C[NH+](C)CCCNC(=O)/C(=C/c1ccccc1)c1ccccc1. The van der Waals surface area contributed by atoms with Crippen LogP contribution in [0, 0.1) is 0 Å². The van der Waals surface area contributed by atoms with E-state index in [-0.39, 0.29) is 5.91 Å². The smallest absolute Gasteiger partial charge is 0.251 e. The maximum absolute atomic E-state index is 12.6. The van der Waals surface area contributed by atoms with Gasteiger partial charge < -0.3 is 10.2 Å². The first-order chi connectivity index (χ1) is 11.2. The van der Waals surface area contributed by atoms with Gasteiger partial charge in [-0.2, -0.15) is 0 Å². The zero-order chi connectivity index (χ0) is 16.5. The molecule has 2 aromatic carbocycles. The number of benzene rings is 2. The van der Waals surface area contributed by atoms with Gasteiger partial charge in [0.15, 0.2) is 0 Å². The minimum atomic E-state index is -0.0196. The number of hydrogen-bond acceptors (Lipinski definition) is 1. The fourth-order valence-electron chi connectivity index (χ4n) is 2.35. The summed E-state index contributed by atoms with van der Waals surface area (Å²) in [5.41, 5.74) is 2.67. The Kier molecular flexibility index (Phi) is 6.57. The van der Waals surface area contributed by atoms with E-state index in [9.17, 15) is 4.79 Å². The van der Waals surface area contributed by atoms with Crippen LogP contribution >= 0.6 is 0 Å². The summed E-state index contributed by atoms with van der Waals surface area (Å²) < 4.78 is 0. The lowest BCUT2D eigenvalue weighted by atomic mass is 10.0. The van der Waals surface area contributed by atoms with Crippen LogP contribution in [0.25, 0.3) is 11.6 Å². The van der Waals surface area contributed by atoms with E-state index in [2.05, 4.69) is 19.4 Å². The van der Waals surface area contributed by atoms with Gasteiger partial charge in [0.25, 0.3) is 5.91 Å². The molecule has 0 radical (unpaired) electrons. The van der Waals surface area contributed by atoms with Gasteiger partial charge in [0, 0.05) is 18.5 Å². The summed E-state index contributed by atoms with van der Waals surface area (Å²) in [6.45, 7) is 1.74. The molecule has 0 aliphatic rings. The Morgan fingerprint density at radius 3 is 2.22 bits per heavy atom. The average Bonchev–Trinajstić information content (AvgIpc) is 2.58. The maximum Gasteiger partial charge on any atom is 0.251 e. The van der Waals surface area contributed by atoms with E-state index in [1.807, 2.05) is 66.7 Å². The van der Waals surface area contributed by atoms with Crippen molar-refractivity contribution in [3.05, 3.63) is 71.8 Å². The first-order valence-corrected chi connectivity index (χ1v) is 8.06. The number of carbonyl (C=O) groups is 1. The second-order valence-electron chi connectivity index (χ2n) is 5.90. The molecule has 0 spiro atoms. The molecule has 0 aliphatic carbocycles. The highest BCUT2D eigenvalue weighted by Crippen LogP contribution is 2.18. The van der Waals surface area contributed by atoms with Gasteiger partial charge in [-0.15, -0.1) is 0 Å². The molecule has 0 saturated heterocycles. The van der Waals surface area contributed by atoms with Gasteiger partial charge in [-0.25, -0.2) is 0 Å². The van der Waals surface area contributed by atoms with E-state index < -0.39 is 0 Å². The molecule has 2 rings (SSSR count). The molecular formula is C20H25N2O+. The third-order valence-corrected chi connectivity index (χ3v) is 3.58. The molecule has 1 amide bonds. The molecule has 0 fully saturated rings. The Balaban J connectivity index is 2.14. The highest BCUT2D eigenvalue weighted by Gasteiger charge is 2.11. The summed E-state index contributed by atoms with van der Waals surface area (Å²) in [5.74, 6) is -0.0196. The van der Waals surface area contributed by atoms with E-state index >= 15 is 0 Å². The predicted molar refractivity (Wildman–Crippen MR) is 96.1 cm³/mol. The lowest BCUT2D eigenvalue weighted by Crippen LogP contribution is -3.05. The molecule has 0 saturated carbocycles. The molecule has 0 heterocycles. The van der Waals surface area contributed by atoms with Gasteiger partial charge in [-0.1, -0.05) is 60.7 Å². The van der Waals surface area contributed by atoms with Crippen LogP contribution < -0.4 is 10.2 Å². The summed E-state index contributed by atoms with van der Waals surface area (Å²) in [6.07, 6.45) is 2.92. The molecule has 3 heteroatoms. The van der Waals surface area contributed by atoms with E-state index in [1.54, 1.807) is 0 Å². The van der Waals surface area contributed by atoms with Crippen LogP contribution in [0.4, 0.5) is 0 Å². The Morgan fingerprint density at radius 1 is 1.00 bits per heavy atom. The molecular weight excluding hydrogens is 284 g/mol. The van der Waals surface area contributed by atoms with E-state index in [1.165, 1.54) is 4.90 Å². The van der Waals surface area contributed by atoms with Gasteiger partial charge in [-0.3, -0.25) is 4.79 Å². The summed E-state index contributed by atoms with van der Waals surface area (Å²) in [5, 5.41) is 3.04. The van der Waals surface area contributed by atoms with Crippen molar-refractivity contribution in [3.63, 3.8) is 0 Å². The average molecular weight is 309 g/mol. The fraction of sp³-hybridized carbons (Fsp3) is 0.250. The number of carbonyl (C=O) groups excluding carboxylic acids is 1. The van der Waals surface area contributed by atoms with E-state index in [0.29, 0.717) is 12.1 Å². The Hall–Kier alpha value is -2.39. The zero-order valence-electron chi connectivity index (χ0n) is 13.9. The zero-order valence-corrected chi connectivity index (χ0v) is 13.9. The van der Waals surface area contributed by atoms with Crippen molar-refractivity contribution >= 4 is 17.6 Å². The molecule has 0 atom stereocenters. The third kappa shape index (κ3) is 5.72. The molecule has 0 aromatic heterocycles. The summed E-state index contributed by atoms with van der Waals surface area (Å²) >= 11 is 0. The first kappa shape index (κ1) is 17.0. The quantitative estimate of drug-likeness (QED) is 0.457. The van der Waals surface area contributed by atoms with Crippen molar-refractivity contribution in [3.8, 4) is 0 Å². The third-order valence-electron chi connectivity index (χ3n) is 3.58. The largest absolute Gasteiger partial charge is 0.352 e. The van der Waals surface area contributed by atoms with Crippen molar-refractivity contribution in [2.24, 2.45) is 0 Å². The van der Waals surface area contributed by atoms with Crippen molar-refractivity contribution in [2.75, 3.05) is 27.2 Å². The number of quaternary nitrogens is 1. The second kappa shape index (κ2) is 8.91. The molecule has 120 valence electrons. The minimum Gasteiger partial charge on any atom is -0.352 e. The summed E-state index contributed by atoms with van der Waals surface area (Å²) in [6, 6.07) is 19.8. The Labute approximate surface area is 138 Å². The normalized spacial score (nSPS) is 11.5. The molecule has 0 aliphatic heterocycles. The van der Waals surface area contributed by atoms with E-state index in [4.69, 9.17) is 0 Å². The molecule has 3 nitrogen and oxygen atoms in total. The van der Waals surface area contributed by atoms with Crippen LogP contribution in [-0.4, -0.2) is 33.1 Å². The Morgan fingerprint density at radius 2 is 1.61 bits per heavy atom. The number of nitrogens with one attached hydrogen (secondary N) is 2. The lowest BCUT2D eigenvalue weighted by Gasteiger charge is -2.11. The standard InChI is InChI=1S/C20H24N2O/c1-22(2)15-9-14-21-20(23)19(18-12-7-4-8-13-18)16-17-10-5-3-6-11-17/h3-8,10-13,16H,9,14-15H2,1-2H3,(H,21,23)/p+1/b19-16+. The highest BCUT2D eigenvalue weighted by atomic mass is 16.1. The molecule has 2 N–H and O–H groups in total. The van der Waals surface area contributed by atoms with Crippen molar-refractivity contribution in [1.82, 2.24) is 5.32 Å². The number of hydrogen-bond donors (Lipinski definition) is 2. The molecule has 23 heavy (non-hydrogen) atoms. The van der Waals surface area contributed by atoms with Crippen LogP contribution in [0.3, 0.4) is 0 Å². The van der Waals surface area contributed by atoms with Crippen LogP contribution in [0.1, 0.15) is 17.5 Å². The number of rotatable bonds is 7. The van der Waals surface area contributed by atoms with E-state index in [0.717, 1.165) is 24.1 Å². The first-order valence-electron chi connectivity index (χ1n) is 8.06. The number of amides is 1. The topological polar surface area (TPSA) is 33.5 Å². The molecule has 0 bridgehead atoms. The van der Waals surface area contributed by atoms with Crippen LogP contribution in [-0.2, 0) is 4.79 Å². The van der Waals surface area contributed by atoms with Crippen LogP contribution in [0.5, 0.6) is 0 Å². The highest BCUT2D eigenvalue weighted by molar-refractivity contribution is 6.24. The van der Waals surface area contributed by atoms with Crippen LogP contribution in [0.15, 0.2) is 60.7 Å². The van der Waals surface area contributed by atoms with Gasteiger partial charge in [0.05, 0.1) is 20.6 Å². The Bertz CT molecular complexity index is 633.